The Hall–Kier alpha value is -0.890. The lowest BCUT2D eigenvalue weighted by atomic mass is 10.1. The molecular weight excluding hydrogens is 177 g/mol. The van der Waals surface area contributed by atoms with Gasteiger partial charge in [0.2, 0.25) is 0 Å². The fraction of sp³-hybridized carbons (Fsp3) is 0.500. The third-order valence-corrected chi connectivity index (χ3v) is 2.52. The second-order valence-electron chi connectivity index (χ2n) is 3.72. The molecule has 0 heterocycles. The normalized spacial score (nSPS) is 15.1. The van der Waals surface area contributed by atoms with Crippen LogP contribution in [0.15, 0.2) is 24.3 Å². The highest BCUT2D eigenvalue weighted by Gasteiger charge is 2.11. The Bertz CT molecular complexity index is 285. The van der Waals surface area contributed by atoms with E-state index in [0.717, 1.165) is 12.0 Å². The van der Waals surface area contributed by atoms with Crippen LogP contribution in [0.1, 0.15) is 38.8 Å². The number of hydrogen-bond donors (Lipinski definition) is 1. The summed E-state index contributed by atoms with van der Waals surface area (Å²) in [6.45, 7) is 6.22. The monoisotopic (exact) mass is 195 g/mol. The molecule has 1 N–H and O–H groups in total. The van der Waals surface area contributed by atoms with E-state index in [0.29, 0.717) is 6.04 Å². The highest BCUT2D eigenvalue weighted by Crippen LogP contribution is 2.16. The largest absolute Gasteiger partial charge is 0.308 e. The fourth-order valence-corrected chi connectivity index (χ4v) is 1.46. The van der Waals surface area contributed by atoms with Crippen LogP contribution in [0.3, 0.4) is 0 Å². The Morgan fingerprint density at radius 3 is 2.50 bits per heavy atom. The minimum Gasteiger partial charge on any atom is -0.308 e. The van der Waals surface area contributed by atoms with Gasteiger partial charge in [-0.25, -0.2) is 4.39 Å². The number of benzene rings is 1. The summed E-state index contributed by atoms with van der Waals surface area (Å²) in [6, 6.07) is 7.41. The molecule has 0 unspecified atom stereocenters. The van der Waals surface area contributed by atoms with Crippen LogP contribution in [0.2, 0.25) is 0 Å². The van der Waals surface area contributed by atoms with Gasteiger partial charge in [-0.15, -0.1) is 0 Å². The predicted octanol–water partition coefficient (Wildman–Crippen LogP) is 3.27. The Morgan fingerprint density at radius 1 is 1.29 bits per heavy atom. The maximum Gasteiger partial charge on any atom is 0.127 e. The Morgan fingerprint density at radius 2 is 1.93 bits per heavy atom. The lowest BCUT2D eigenvalue weighted by Crippen LogP contribution is -2.28. The summed E-state index contributed by atoms with van der Waals surface area (Å²) < 4.78 is 13.4. The first-order chi connectivity index (χ1) is 6.65. The Labute approximate surface area is 85.3 Å². The molecule has 14 heavy (non-hydrogen) atoms. The van der Waals surface area contributed by atoms with E-state index in [1.54, 1.807) is 6.07 Å². The zero-order chi connectivity index (χ0) is 10.6. The molecule has 1 aromatic rings. The van der Waals surface area contributed by atoms with Crippen molar-refractivity contribution in [2.24, 2.45) is 0 Å². The maximum atomic E-state index is 13.4. The molecule has 0 fully saturated rings. The van der Waals surface area contributed by atoms with E-state index >= 15 is 0 Å². The molecule has 0 aromatic heterocycles. The van der Waals surface area contributed by atoms with Crippen LogP contribution in [0.4, 0.5) is 4.39 Å². The molecule has 0 aliphatic rings. The van der Waals surface area contributed by atoms with Crippen LogP contribution in [0.25, 0.3) is 0 Å². The van der Waals surface area contributed by atoms with Crippen molar-refractivity contribution < 1.29 is 4.39 Å². The van der Waals surface area contributed by atoms with Crippen LogP contribution in [0, 0.1) is 5.82 Å². The molecule has 0 aliphatic carbocycles. The molecule has 0 saturated heterocycles. The van der Waals surface area contributed by atoms with Crippen molar-refractivity contribution in [1.82, 2.24) is 5.32 Å². The minimum absolute atomic E-state index is 0.0751. The number of nitrogens with one attached hydrogen (secondary N) is 1. The smallest absolute Gasteiger partial charge is 0.127 e. The Balaban J connectivity index is 2.69. The van der Waals surface area contributed by atoms with Gasteiger partial charge in [-0.05, 0) is 26.3 Å². The lowest BCUT2D eigenvalue weighted by molar-refractivity contribution is 0.454. The van der Waals surface area contributed by atoms with Crippen LogP contribution in [0.5, 0.6) is 0 Å². The van der Waals surface area contributed by atoms with E-state index in [1.165, 1.54) is 6.07 Å². The minimum atomic E-state index is -0.129. The molecule has 78 valence electrons. The van der Waals surface area contributed by atoms with Gasteiger partial charge in [0.25, 0.3) is 0 Å². The molecule has 0 bridgehead atoms. The van der Waals surface area contributed by atoms with Gasteiger partial charge in [0, 0.05) is 17.6 Å². The topological polar surface area (TPSA) is 12.0 Å². The highest BCUT2D eigenvalue weighted by atomic mass is 19.1. The molecule has 0 amide bonds. The summed E-state index contributed by atoms with van der Waals surface area (Å²) in [7, 11) is 0. The first-order valence-electron chi connectivity index (χ1n) is 5.15. The standard InChI is InChI=1S/C12H18FN/c1-4-9(2)14-10(3)11-7-5-6-8-12(11)13/h5-10,14H,4H2,1-3H3/t9-,10+/m1/s1. The van der Waals surface area contributed by atoms with E-state index in [4.69, 9.17) is 0 Å². The van der Waals surface area contributed by atoms with E-state index in [-0.39, 0.29) is 11.9 Å². The average Bonchev–Trinajstić information content (AvgIpc) is 2.18. The van der Waals surface area contributed by atoms with Gasteiger partial charge in [-0.2, -0.15) is 0 Å². The van der Waals surface area contributed by atoms with E-state index in [1.807, 2.05) is 19.1 Å². The van der Waals surface area contributed by atoms with Gasteiger partial charge in [-0.3, -0.25) is 0 Å². The second-order valence-corrected chi connectivity index (χ2v) is 3.72. The summed E-state index contributed by atoms with van der Waals surface area (Å²) in [5.74, 6) is -0.129. The third kappa shape index (κ3) is 2.81. The number of hydrogen-bond acceptors (Lipinski definition) is 1. The zero-order valence-corrected chi connectivity index (χ0v) is 9.05. The van der Waals surface area contributed by atoms with E-state index in [9.17, 15) is 4.39 Å². The van der Waals surface area contributed by atoms with Crippen molar-refractivity contribution >= 4 is 0 Å². The van der Waals surface area contributed by atoms with Crippen LogP contribution in [-0.4, -0.2) is 6.04 Å². The van der Waals surface area contributed by atoms with Crippen LogP contribution < -0.4 is 5.32 Å². The van der Waals surface area contributed by atoms with Crippen molar-refractivity contribution in [3.63, 3.8) is 0 Å². The summed E-state index contributed by atoms with van der Waals surface area (Å²) in [4.78, 5) is 0. The predicted molar refractivity (Wildman–Crippen MR) is 57.7 cm³/mol. The summed E-state index contributed by atoms with van der Waals surface area (Å²) in [5, 5.41) is 3.35. The molecule has 1 nitrogen and oxygen atoms in total. The number of halogens is 1. The summed E-state index contributed by atoms with van der Waals surface area (Å²) >= 11 is 0. The Kier molecular flexibility index (Phi) is 4.08. The molecular formula is C12H18FN. The highest BCUT2D eigenvalue weighted by molar-refractivity contribution is 5.20. The molecule has 1 rings (SSSR count). The van der Waals surface area contributed by atoms with Crippen molar-refractivity contribution in [1.29, 1.82) is 0 Å². The fourth-order valence-electron chi connectivity index (χ4n) is 1.46. The van der Waals surface area contributed by atoms with Crippen LogP contribution in [-0.2, 0) is 0 Å². The van der Waals surface area contributed by atoms with Gasteiger partial charge in [0.1, 0.15) is 5.82 Å². The molecule has 0 aliphatic heterocycles. The molecule has 2 heteroatoms. The summed E-state index contributed by atoms with van der Waals surface area (Å²) in [6.07, 6.45) is 1.05. The average molecular weight is 195 g/mol. The van der Waals surface area contributed by atoms with Crippen molar-refractivity contribution in [3.8, 4) is 0 Å². The third-order valence-electron chi connectivity index (χ3n) is 2.52. The molecule has 2 atom stereocenters. The van der Waals surface area contributed by atoms with Gasteiger partial charge in [-0.1, -0.05) is 25.1 Å². The van der Waals surface area contributed by atoms with Gasteiger partial charge < -0.3 is 5.32 Å². The van der Waals surface area contributed by atoms with E-state index in [2.05, 4.69) is 19.2 Å². The SMILES string of the molecule is CC[C@@H](C)N[C@@H](C)c1ccccc1F. The van der Waals surface area contributed by atoms with E-state index < -0.39 is 0 Å². The van der Waals surface area contributed by atoms with Gasteiger partial charge in [0.15, 0.2) is 0 Å². The van der Waals surface area contributed by atoms with Crippen molar-refractivity contribution in [2.75, 3.05) is 0 Å². The first kappa shape index (κ1) is 11.2. The van der Waals surface area contributed by atoms with Crippen LogP contribution >= 0.6 is 0 Å². The molecule has 0 saturated carbocycles. The number of rotatable bonds is 4. The quantitative estimate of drug-likeness (QED) is 0.777. The zero-order valence-electron chi connectivity index (χ0n) is 9.05. The second kappa shape index (κ2) is 5.11. The maximum absolute atomic E-state index is 13.4. The van der Waals surface area contributed by atoms with Gasteiger partial charge >= 0.3 is 0 Å². The van der Waals surface area contributed by atoms with Crippen molar-refractivity contribution in [3.05, 3.63) is 35.6 Å². The van der Waals surface area contributed by atoms with Gasteiger partial charge in [0.05, 0.1) is 0 Å². The lowest BCUT2D eigenvalue weighted by Gasteiger charge is -2.19. The molecule has 0 spiro atoms. The van der Waals surface area contributed by atoms with Crippen molar-refractivity contribution in [2.45, 2.75) is 39.3 Å². The molecule has 1 aromatic carbocycles. The first-order valence-corrected chi connectivity index (χ1v) is 5.15. The molecule has 0 radical (unpaired) electrons. The summed E-state index contributed by atoms with van der Waals surface area (Å²) in [5.41, 5.74) is 0.743.